The van der Waals surface area contributed by atoms with E-state index in [2.05, 4.69) is 159 Å². The second kappa shape index (κ2) is 16.0. The van der Waals surface area contributed by atoms with Gasteiger partial charge >= 0.3 is 0 Å². The normalized spacial score (nSPS) is 16.4. The maximum Gasteiger partial charge on any atom is 0.160 e. The van der Waals surface area contributed by atoms with E-state index in [0.717, 1.165) is 19.3 Å². The number of nitrogens with one attached hydrogen (secondary N) is 2. The van der Waals surface area contributed by atoms with E-state index in [-0.39, 0.29) is 12.3 Å². The summed E-state index contributed by atoms with van der Waals surface area (Å²) in [5.74, 6) is 0. The minimum Gasteiger partial charge on any atom is -0.359 e. The van der Waals surface area contributed by atoms with Crippen molar-refractivity contribution in [1.82, 2.24) is 15.2 Å². The van der Waals surface area contributed by atoms with Gasteiger partial charge in [-0.15, -0.1) is 17.9 Å². The molecule has 2 N–H and O–H groups in total. The third-order valence-electron chi connectivity index (χ3n) is 9.84. The first-order chi connectivity index (χ1) is 25.1. The van der Waals surface area contributed by atoms with Crippen LogP contribution in [0, 0.1) is 0 Å². The number of hydrogen-bond donors (Lipinski definition) is 2. The summed E-state index contributed by atoms with van der Waals surface area (Å²) in [6.07, 6.45) is 20.1. The van der Waals surface area contributed by atoms with Crippen molar-refractivity contribution in [2.45, 2.75) is 73.1 Å². The van der Waals surface area contributed by atoms with Gasteiger partial charge in [-0.2, -0.15) is 0 Å². The lowest BCUT2D eigenvalue weighted by Gasteiger charge is -2.33. The standard InChI is InChI=1S/C42H39N3S.C3H6.C2H6/c1-5-13-38-27(7-3)34-21-22-35-28(8-4)39(14-6-2)46-41(35)40(34)45(38)42-43-24-23-37(44-42)26-19-20-33-31-17-10-9-15-29(31)30-16-11-12-18-32(30)36(33)25-26;1-3-2;1-2/h5-6,8-20,23-25,37,42-44H,4,7,21-22H2,1-3H3;3H,1H2,2H3;1-2H3/b13-5-,14-6-;;. The summed E-state index contributed by atoms with van der Waals surface area (Å²) >= 11 is 1.91. The highest BCUT2D eigenvalue weighted by atomic mass is 32.1. The molecule has 4 heteroatoms. The summed E-state index contributed by atoms with van der Waals surface area (Å²) < 4.78 is 2.54. The number of fused-ring (bicyclic) bond motifs is 9. The summed E-state index contributed by atoms with van der Waals surface area (Å²) in [7, 11) is 0. The van der Waals surface area contributed by atoms with Gasteiger partial charge in [0.1, 0.15) is 0 Å². The summed E-state index contributed by atoms with van der Waals surface area (Å²) in [6.45, 7) is 20.0. The highest BCUT2D eigenvalue weighted by Crippen LogP contribution is 2.48. The minimum atomic E-state index is -0.107. The van der Waals surface area contributed by atoms with Gasteiger partial charge in [-0.3, -0.25) is 5.32 Å². The van der Waals surface area contributed by atoms with Crippen LogP contribution in [0.15, 0.2) is 110 Å². The molecule has 0 radical (unpaired) electrons. The quantitative estimate of drug-likeness (QED) is 0.135. The number of hydrogen-bond acceptors (Lipinski definition) is 3. The molecule has 1 aliphatic heterocycles. The van der Waals surface area contributed by atoms with Gasteiger partial charge in [-0.25, -0.2) is 0 Å². The number of thiophene rings is 1. The van der Waals surface area contributed by atoms with Crippen LogP contribution in [0.3, 0.4) is 0 Å². The van der Waals surface area contributed by atoms with E-state index in [4.69, 9.17) is 0 Å². The van der Waals surface area contributed by atoms with Crippen LogP contribution in [0.2, 0.25) is 0 Å². The molecule has 0 saturated heterocycles. The molecule has 2 aromatic heterocycles. The molecule has 2 atom stereocenters. The van der Waals surface area contributed by atoms with Crippen molar-refractivity contribution in [3.63, 3.8) is 0 Å². The van der Waals surface area contributed by atoms with E-state index >= 15 is 0 Å². The lowest BCUT2D eigenvalue weighted by atomic mass is 9.90. The molecular weight excluding hydrogens is 639 g/mol. The number of nitrogens with zero attached hydrogens (tertiary/aromatic N) is 1. The lowest BCUT2D eigenvalue weighted by molar-refractivity contribution is 0.328. The van der Waals surface area contributed by atoms with Crippen LogP contribution < -0.4 is 10.6 Å². The minimum absolute atomic E-state index is 0.0520. The molecular formula is C47H51N3S. The van der Waals surface area contributed by atoms with Gasteiger partial charge in [0.05, 0.1) is 16.6 Å². The van der Waals surface area contributed by atoms with Crippen molar-refractivity contribution in [1.29, 1.82) is 0 Å². The number of rotatable bonds is 6. The first-order valence-electron chi connectivity index (χ1n) is 18.5. The monoisotopic (exact) mass is 689 g/mol. The summed E-state index contributed by atoms with van der Waals surface area (Å²) in [5.41, 5.74) is 9.58. The Morgan fingerprint density at radius 1 is 0.804 bits per heavy atom. The fraction of sp³-hybridized carbons (Fsp3) is 0.234. The van der Waals surface area contributed by atoms with E-state index in [1.165, 1.54) is 81.3 Å². The highest BCUT2D eigenvalue weighted by Gasteiger charge is 2.33. The zero-order chi connectivity index (χ0) is 36.1. The zero-order valence-corrected chi connectivity index (χ0v) is 31.8. The van der Waals surface area contributed by atoms with Crippen LogP contribution >= 0.6 is 11.3 Å². The molecule has 260 valence electrons. The van der Waals surface area contributed by atoms with Gasteiger partial charge < -0.3 is 9.88 Å². The van der Waals surface area contributed by atoms with E-state index in [1.54, 1.807) is 6.08 Å². The molecule has 2 unspecified atom stereocenters. The fourth-order valence-corrected chi connectivity index (χ4v) is 9.30. The Morgan fingerprint density at radius 3 is 1.98 bits per heavy atom. The van der Waals surface area contributed by atoms with Crippen molar-refractivity contribution < 1.29 is 0 Å². The lowest BCUT2D eigenvalue weighted by Crippen LogP contribution is -2.41. The third kappa shape index (κ3) is 6.32. The van der Waals surface area contributed by atoms with Crippen molar-refractivity contribution in [3.05, 3.63) is 149 Å². The Bertz CT molecular complexity index is 2270. The second-order valence-corrected chi connectivity index (χ2v) is 13.7. The van der Waals surface area contributed by atoms with Crippen LogP contribution in [0.1, 0.15) is 92.3 Å². The van der Waals surface area contributed by atoms with Crippen molar-refractivity contribution in [3.8, 4) is 10.6 Å². The molecule has 3 nitrogen and oxygen atoms in total. The molecule has 0 spiro atoms. The number of allylic oxidation sites excluding steroid dienone is 3. The zero-order valence-electron chi connectivity index (χ0n) is 31.0. The predicted octanol–water partition coefficient (Wildman–Crippen LogP) is 13.2. The van der Waals surface area contributed by atoms with E-state index in [9.17, 15) is 0 Å². The highest BCUT2D eigenvalue weighted by molar-refractivity contribution is 7.16. The van der Waals surface area contributed by atoms with Crippen LogP contribution in [0.25, 0.3) is 61.1 Å². The molecule has 51 heavy (non-hydrogen) atoms. The average Bonchev–Trinajstić information content (AvgIpc) is 3.70. The second-order valence-electron chi connectivity index (χ2n) is 12.7. The Hall–Kier alpha value is -4.90. The molecule has 0 bridgehead atoms. The Morgan fingerprint density at radius 2 is 1.39 bits per heavy atom. The number of benzene rings is 4. The van der Waals surface area contributed by atoms with Crippen molar-refractivity contribution >= 4 is 61.9 Å². The largest absolute Gasteiger partial charge is 0.359 e. The molecule has 1 aliphatic carbocycles. The number of aromatic nitrogens is 1. The summed E-state index contributed by atoms with van der Waals surface area (Å²) in [5, 5.41) is 15.5. The molecule has 3 heterocycles. The van der Waals surface area contributed by atoms with E-state index < -0.39 is 0 Å². The Labute approximate surface area is 308 Å². The van der Waals surface area contributed by atoms with Crippen LogP contribution in [-0.4, -0.2) is 4.57 Å². The van der Waals surface area contributed by atoms with E-state index in [0.29, 0.717) is 0 Å². The molecule has 0 fully saturated rings. The van der Waals surface area contributed by atoms with Crippen LogP contribution in [0.5, 0.6) is 0 Å². The van der Waals surface area contributed by atoms with Gasteiger partial charge in [0.15, 0.2) is 6.29 Å². The fourth-order valence-electron chi connectivity index (χ4n) is 7.90. The molecule has 4 aromatic carbocycles. The predicted molar refractivity (Wildman–Crippen MR) is 227 cm³/mol. The average molecular weight is 690 g/mol. The third-order valence-corrected chi connectivity index (χ3v) is 11.1. The Kier molecular flexibility index (Phi) is 11.2. The molecule has 8 rings (SSSR count). The summed E-state index contributed by atoms with van der Waals surface area (Å²) in [6, 6.07) is 24.7. The van der Waals surface area contributed by atoms with Gasteiger partial charge in [0.2, 0.25) is 0 Å². The smallest absolute Gasteiger partial charge is 0.160 e. The van der Waals surface area contributed by atoms with Gasteiger partial charge in [0, 0.05) is 10.6 Å². The first-order valence-corrected chi connectivity index (χ1v) is 19.3. The molecule has 0 saturated carbocycles. The first kappa shape index (κ1) is 35.9. The van der Waals surface area contributed by atoms with Crippen molar-refractivity contribution in [2.24, 2.45) is 0 Å². The SMILES string of the molecule is C=CC.C=Cc1c(/C=C\C)sc2c1CCc1c(CC)c(/C=C\C)n(C3NC=CC(c4ccc5c6ccccc6c6ccccc6c5c4)N3)c1-2.CC. The maximum atomic E-state index is 4.21. The Balaban J connectivity index is 0.000000853. The van der Waals surface area contributed by atoms with Gasteiger partial charge in [-0.05, 0) is 131 Å². The van der Waals surface area contributed by atoms with Crippen molar-refractivity contribution in [2.75, 3.05) is 0 Å². The molecule has 2 aliphatic rings. The molecule has 0 amide bonds. The topological polar surface area (TPSA) is 29.0 Å². The van der Waals surface area contributed by atoms with Gasteiger partial charge in [-0.1, -0.05) is 112 Å². The summed E-state index contributed by atoms with van der Waals surface area (Å²) in [4.78, 5) is 2.68. The molecule has 6 aromatic rings. The van der Waals surface area contributed by atoms with E-state index in [1.807, 2.05) is 32.1 Å². The maximum absolute atomic E-state index is 4.21. The van der Waals surface area contributed by atoms with Gasteiger partial charge in [0.25, 0.3) is 0 Å². The van der Waals surface area contributed by atoms with Crippen LogP contribution in [-0.2, 0) is 19.3 Å². The van der Waals surface area contributed by atoms with Crippen LogP contribution in [0.4, 0.5) is 0 Å².